The number of amides is 1. The molecule has 4 heterocycles. The van der Waals surface area contributed by atoms with E-state index >= 15 is 0 Å². The van der Waals surface area contributed by atoms with Gasteiger partial charge < -0.3 is 44.3 Å². The average molecular weight is 868 g/mol. The number of methoxy groups -OCH3 is 1. The molecule has 3 aliphatic heterocycles. The Morgan fingerprint density at radius 3 is 2.47 bits per heavy atom. The van der Waals surface area contributed by atoms with Crippen molar-refractivity contribution < 1.29 is 43.2 Å². The van der Waals surface area contributed by atoms with Crippen molar-refractivity contribution in [1.82, 2.24) is 29.7 Å². The number of rotatable bonds is 13. The third kappa shape index (κ3) is 10.7. The van der Waals surface area contributed by atoms with Gasteiger partial charge in [-0.1, -0.05) is 44.2 Å². The van der Waals surface area contributed by atoms with Crippen molar-refractivity contribution in [3.63, 3.8) is 0 Å². The standard InChI is InChI=1S/C46H73N7O9/c1-13-18-35-40-46(8,62-44(57)53(40)22-16-15-21-52-27-34(48-49-52)32-19-17-20-33(47)24-32)37(14-2)60-42(56)31(6)38(54)30(5)41(45(7,58-12)25-28(3)26-51(35)11)61-43-39(55)36(50(9)10)23-29(4)59-43/h13,17,19-20,24,27-31,35-37,39-41,43,55H,1,14-16,18,21-23,25-26,47H2,2-12H3/t28-,29?,30+,31-,35-,36?,37-,39?,40-,41-,43+,45-,46-/m1/s1. The van der Waals surface area contributed by atoms with E-state index in [9.17, 15) is 19.5 Å². The molecule has 346 valence electrons. The topological polar surface area (TPSA) is 184 Å². The number of fused-ring (bicyclic) bond motifs is 1. The molecule has 3 aliphatic rings. The molecular formula is C46H73N7O9. The zero-order chi connectivity index (χ0) is 45.7. The van der Waals surface area contributed by atoms with Crippen molar-refractivity contribution in [3.8, 4) is 11.3 Å². The van der Waals surface area contributed by atoms with Crippen LogP contribution in [0.4, 0.5) is 10.5 Å². The fourth-order valence-corrected chi connectivity index (χ4v) is 10.1. The number of carbonyl (C=O) groups excluding carboxylic acids is 3. The van der Waals surface area contributed by atoms with Crippen LogP contribution in [0.1, 0.15) is 87.0 Å². The second kappa shape index (κ2) is 20.7. The number of ketones is 1. The highest BCUT2D eigenvalue weighted by molar-refractivity contribution is 6.00. The Morgan fingerprint density at radius 2 is 1.82 bits per heavy atom. The number of hydrogen-bond donors (Lipinski definition) is 2. The normalized spacial score (nSPS) is 35.5. The summed E-state index contributed by atoms with van der Waals surface area (Å²) in [6.45, 7) is 18.6. The Labute approximate surface area is 368 Å². The number of nitrogens with two attached hydrogens (primary N) is 1. The van der Waals surface area contributed by atoms with Gasteiger partial charge in [-0.05, 0) is 105 Å². The number of carbonyl (C=O) groups is 3. The molecule has 16 nitrogen and oxygen atoms in total. The first-order chi connectivity index (χ1) is 29.3. The number of ether oxygens (including phenoxy) is 5. The van der Waals surface area contributed by atoms with Gasteiger partial charge in [0.1, 0.15) is 23.8 Å². The number of aliphatic hydroxyl groups excluding tert-OH is 1. The van der Waals surface area contributed by atoms with Gasteiger partial charge >= 0.3 is 12.1 Å². The van der Waals surface area contributed by atoms with E-state index in [1.165, 1.54) is 0 Å². The number of aliphatic hydroxyl groups is 1. The second-order valence-electron chi connectivity index (χ2n) is 18.6. The molecule has 3 N–H and O–H groups in total. The first-order valence-electron chi connectivity index (χ1n) is 22.3. The second-order valence-corrected chi connectivity index (χ2v) is 18.6. The molecule has 16 heteroatoms. The maximum absolute atomic E-state index is 14.5. The quantitative estimate of drug-likeness (QED) is 0.0883. The number of nitrogens with zero attached hydrogens (tertiary/aromatic N) is 6. The summed E-state index contributed by atoms with van der Waals surface area (Å²) in [7, 11) is 7.43. The first-order valence-corrected chi connectivity index (χ1v) is 22.3. The molecule has 1 aromatic heterocycles. The van der Waals surface area contributed by atoms with Crippen molar-refractivity contribution in [2.24, 2.45) is 17.8 Å². The molecule has 2 aromatic rings. The van der Waals surface area contributed by atoms with Crippen molar-refractivity contribution in [2.75, 3.05) is 47.1 Å². The summed E-state index contributed by atoms with van der Waals surface area (Å²) >= 11 is 0. The summed E-state index contributed by atoms with van der Waals surface area (Å²) in [4.78, 5) is 48.8. The van der Waals surface area contributed by atoms with Crippen LogP contribution < -0.4 is 5.73 Å². The van der Waals surface area contributed by atoms with Gasteiger partial charge in [0.2, 0.25) is 0 Å². The SMILES string of the molecule is C=CC[C@@H]1[C@H]2N(CCCCn3cc(-c4cccc(N)c4)nn3)C(=O)O[C@]2(C)[C@@H](CC)OC(=O)[C@H](C)C(=O)[C@H](C)[C@@H](O[C@@H]2OC(C)CC(N(C)C)C2O)[C@](C)(OC)C[C@@H](C)CN1C. The maximum Gasteiger partial charge on any atom is 0.410 e. The van der Waals surface area contributed by atoms with E-state index in [4.69, 9.17) is 29.4 Å². The zero-order valence-corrected chi connectivity index (χ0v) is 38.9. The van der Waals surface area contributed by atoms with Crippen molar-refractivity contribution in [2.45, 2.75) is 154 Å². The molecule has 13 atom stereocenters. The number of anilines is 1. The van der Waals surface area contributed by atoms with Crippen LogP contribution in [0.3, 0.4) is 0 Å². The largest absolute Gasteiger partial charge is 0.458 e. The van der Waals surface area contributed by atoms with Crippen LogP contribution in [-0.2, 0) is 39.8 Å². The highest BCUT2D eigenvalue weighted by Crippen LogP contribution is 2.42. The molecule has 3 saturated heterocycles. The summed E-state index contributed by atoms with van der Waals surface area (Å²) in [6, 6.07) is 6.41. The molecular weight excluding hydrogens is 795 g/mol. The fourth-order valence-electron chi connectivity index (χ4n) is 10.1. The third-order valence-electron chi connectivity index (χ3n) is 13.5. The minimum Gasteiger partial charge on any atom is -0.458 e. The summed E-state index contributed by atoms with van der Waals surface area (Å²) in [5, 5.41) is 20.2. The molecule has 3 unspecified atom stereocenters. The molecule has 0 bridgehead atoms. The van der Waals surface area contributed by atoms with Crippen LogP contribution >= 0.6 is 0 Å². The van der Waals surface area contributed by atoms with Crippen molar-refractivity contribution in [3.05, 3.63) is 43.1 Å². The van der Waals surface area contributed by atoms with Crippen molar-refractivity contribution >= 4 is 23.5 Å². The Bertz CT molecular complexity index is 1840. The fraction of sp³-hybridized carbons (Fsp3) is 0.717. The van der Waals surface area contributed by atoms with Crippen molar-refractivity contribution in [1.29, 1.82) is 0 Å². The van der Waals surface area contributed by atoms with Gasteiger partial charge in [0.25, 0.3) is 0 Å². The molecule has 1 amide bonds. The molecule has 62 heavy (non-hydrogen) atoms. The van der Waals surface area contributed by atoms with Crippen LogP contribution in [0.2, 0.25) is 0 Å². The lowest BCUT2D eigenvalue weighted by atomic mass is 9.78. The third-order valence-corrected chi connectivity index (χ3v) is 13.5. The van der Waals surface area contributed by atoms with Crippen LogP contribution in [0.25, 0.3) is 11.3 Å². The van der Waals surface area contributed by atoms with E-state index in [1.54, 1.807) is 30.5 Å². The molecule has 0 spiro atoms. The number of nitrogen functional groups attached to an aromatic ring is 1. The number of hydrogen-bond acceptors (Lipinski definition) is 14. The van der Waals surface area contributed by atoms with E-state index in [1.807, 2.05) is 90.3 Å². The summed E-state index contributed by atoms with van der Waals surface area (Å²) < 4.78 is 33.7. The van der Waals surface area contributed by atoms with Crippen LogP contribution in [0.5, 0.6) is 0 Å². The number of unbranched alkanes of at least 4 members (excludes halogenated alkanes) is 1. The minimum absolute atomic E-state index is 0.0312. The van der Waals surface area contributed by atoms with Crippen LogP contribution in [0, 0.1) is 17.8 Å². The van der Waals surface area contributed by atoms with Gasteiger partial charge in [-0.15, -0.1) is 11.7 Å². The van der Waals surface area contributed by atoms with Crippen LogP contribution in [-0.4, -0.2) is 154 Å². The van der Waals surface area contributed by atoms with Gasteiger partial charge in [-0.2, -0.15) is 0 Å². The molecule has 0 radical (unpaired) electrons. The Hall–Kier alpha value is -3.93. The molecule has 5 rings (SSSR count). The number of aryl methyl sites for hydroxylation is 1. The molecule has 0 saturated carbocycles. The number of benzene rings is 1. The summed E-state index contributed by atoms with van der Waals surface area (Å²) in [6.07, 6.45) is 2.41. The predicted molar refractivity (Wildman–Crippen MR) is 236 cm³/mol. The molecule has 0 aliphatic carbocycles. The van der Waals surface area contributed by atoms with E-state index in [0.717, 1.165) is 11.3 Å². The predicted octanol–water partition coefficient (Wildman–Crippen LogP) is 5.18. The lowest BCUT2D eigenvalue weighted by Gasteiger charge is -2.47. The molecule has 3 fully saturated rings. The maximum atomic E-state index is 14.5. The summed E-state index contributed by atoms with van der Waals surface area (Å²) in [5.41, 5.74) is 5.89. The van der Waals surface area contributed by atoms with Gasteiger partial charge in [-0.3, -0.25) is 19.2 Å². The van der Waals surface area contributed by atoms with E-state index in [2.05, 4.69) is 28.7 Å². The van der Waals surface area contributed by atoms with Gasteiger partial charge in [0.05, 0.1) is 30.0 Å². The number of esters is 1. The average Bonchev–Trinajstić information content (AvgIpc) is 3.80. The first kappa shape index (κ1) is 49.1. The summed E-state index contributed by atoms with van der Waals surface area (Å²) in [5.74, 6) is -3.22. The number of Topliss-reactive ketones (excluding diaryl/α,β-unsaturated/α-hetero) is 1. The number of aromatic nitrogens is 3. The van der Waals surface area contributed by atoms with Gasteiger partial charge in [0.15, 0.2) is 17.7 Å². The van der Waals surface area contributed by atoms with Crippen LogP contribution in [0.15, 0.2) is 43.1 Å². The van der Waals surface area contributed by atoms with Gasteiger partial charge in [-0.25, -0.2) is 4.79 Å². The highest BCUT2D eigenvalue weighted by Gasteiger charge is 2.60. The Balaban J connectivity index is 1.45. The highest BCUT2D eigenvalue weighted by atomic mass is 16.7. The van der Waals surface area contributed by atoms with E-state index in [-0.39, 0.29) is 24.1 Å². The Morgan fingerprint density at radius 1 is 1.11 bits per heavy atom. The number of likely N-dealkylation sites (N-methyl/N-ethyl adjacent to an activating group) is 2. The number of cyclic esters (lactones) is 1. The van der Waals surface area contributed by atoms with Gasteiger partial charge in [0, 0.05) is 56.0 Å². The zero-order valence-electron chi connectivity index (χ0n) is 38.9. The lowest BCUT2D eigenvalue weighted by Crippen LogP contribution is -2.61. The van der Waals surface area contributed by atoms with E-state index < -0.39 is 71.5 Å². The minimum atomic E-state index is -1.28. The molecule has 1 aromatic carbocycles. The lowest BCUT2D eigenvalue weighted by molar-refractivity contribution is -0.295. The monoisotopic (exact) mass is 868 g/mol. The van der Waals surface area contributed by atoms with E-state index in [0.29, 0.717) is 63.8 Å². The smallest absolute Gasteiger partial charge is 0.410 e. The Kier molecular flexibility index (Phi) is 16.4.